The maximum absolute atomic E-state index is 12.4. The maximum Gasteiger partial charge on any atom is 0.322 e. The van der Waals surface area contributed by atoms with Crippen LogP contribution in [0.15, 0.2) is 18.2 Å². The maximum atomic E-state index is 12.4. The fourth-order valence-electron chi connectivity index (χ4n) is 2.91. The van der Waals surface area contributed by atoms with Crippen LogP contribution in [0.3, 0.4) is 0 Å². The number of esters is 1. The van der Waals surface area contributed by atoms with E-state index in [1.54, 1.807) is 6.92 Å². The highest BCUT2D eigenvalue weighted by Gasteiger charge is 2.49. The second kappa shape index (κ2) is 6.39. The van der Waals surface area contributed by atoms with Gasteiger partial charge in [-0.2, -0.15) is 0 Å². The minimum Gasteiger partial charge on any atom is -0.465 e. The molecule has 4 heteroatoms. The van der Waals surface area contributed by atoms with Gasteiger partial charge in [-0.25, -0.2) is 0 Å². The van der Waals surface area contributed by atoms with E-state index in [-0.39, 0.29) is 25.4 Å². The molecule has 1 heterocycles. The van der Waals surface area contributed by atoms with Crippen LogP contribution in [0.4, 0.5) is 0 Å². The zero-order valence-electron chi connectivity index (χ0n) is 12.9. The molecule has 1 unspecified atom stereocenters. The third kappa shape index (κ3) is 3.32. The van der Waals surface area contributed by atoms with Crippen LogP contribution in [-0.2, 0) is 25.5 Å². The van der Waals surface area contributed by atoms with E-state index < -0.39 is 11.4 Å². The SMILES string of the molecule is CCOC(=O)C1(Cc2cc(C)cc(C)c2)COCCC1=O. The van der Waals surface area contributed by atoms with E-state index in [9.17, 15) is 9.59 Å². The Morgan fingerprint density at radius 1 is 1.29 bits per heavy atom. The zero-order chi connectivity index (χ0) is 15.5. The van der Waals surface area contributed by atoms with Crippen LogP contribution in [0.1, 0.15) is 30.0 Å². The number of Topliss-reactive ketones (excluding diaryl/α,β-unsaturated/α-hetero) is 1. The molecule has 1 atom stereocenters. The summed E-state index contributed by atoms with van der Waals surface area (Å²) in [5.74, 6) is -0.541. The Hall–Kier alpha value is -1.68. The Morgan fingerprint density at radius 2 is 1.95 bits per heavy atom. The van der Waals surface area contributed by atoms with Crippen molar-refractivity contribution < 1.29 is 19.1 Å². The molecule has 21 heavy (non-hydrogen) atoms. The molecule has 0 bridgehead atoms. The number of benzene rings is 1. The molecule has 0 spiro atoms. The van der Waals surface area contributed by atoms with Crippen LogP contribution in [0.2, 0.25) is 0 Å². The number of carbonyl (C=O) groups excluding carboxylic acids is 2. The molecule has 0 aliphatic carbocycles. The number of rotatable bonds is 4. The van der Waals surface area contributed by atoms with Crippen molar-refractivity contribution in [2.45, 2.75) is 33.6 Å². The van der Waals surface area contributed by atoms with E-state index in [1.165, 1.54) is 0 Å². The van der Waals surface area contributed by atoms with Gasteiger partial charge in [0.2, 0.25) is 0 Å². The van der Waals surface area contributed by atoms with Crippen LogP contribution >= 0.6 is 0 Å². The summed E-state index contributed by atoms with van der Waals surface area (Å²) in [5.41, 5.74) is 2.02. The summed E-state index contributed by atoms with van der Waals surface area (Å²) in [7, 11) is 0. The molecular weight excluding hydrogens is 268 g/mol. The molecule has 4 nitrogen and oxygen atoms in total. The first-order valence-electron chi connectivity index (χ1n) is 7.33. The lowest BCUT2D eigenvalue weighted by atomic mass is 9.76. The van der Waals surface area contributed by atoms with Crippen molar-refractivity contribution in [2.24, 2.45) is 5.41 Å². The minimum absolute atomic E-state index is 0.0774. The second-order valence-electron chi connectivity index (χ2n) is 5.70. The number of aryl methyl sites for hydroxylation is 2. The van der Waals surface area contributed by atoms with Gasteiger partial charge < -0.3 is 9.47 Å². The van der Waals surface area contributed by atoms with Crippen LogP contribution in [0.25, 0.3) is 0 Å². The Bertz CT molecular complexity index is 529. The Kier molecular flexibility index (Phi) is 4.78. The van der Waals surface area contributed by atoms with Gasteiger partial charge in [-0.15, -0.1) is 0 Å². The summed E-state index contributed by atoms with van der Waals surface area (Å²) >= 11 is 0. The number of ketones is 1. The molecule has 1 aromatic rings. The molecule has 0 saturated carbocycles. The number of hydrogen-bond acceptors (Lipinski definition) is 4. The molecule has 1 saturated heterocycles. The molecule has 0 radical (unpaired) electrons. The predicted molar refractivity (Wildman–Crippen MR) is 79.1 cm³/mol. The van der Waals surface area contributed by atoms with Crippen LogP contribution in [0, 0.1) is 19.3 Å². The van der Waals surface area contributed by atoms with Gasteiger partial charge in [-0.1, -0.05) is 29.3 Å². The van der Waals surface area contributed by atoms with E-state index in [1.807, 2.05) is 26.0 Å². The molecule has 2 rings (SSSR count). The first kappa shape index (κ1) is 15.7. The van der Waals surface area contributed by atoms with Gasteiger partial charge in [0.25, 0.3) is 0 Å². The summed E-state index contributed by atoms with van der Waals surface area (Å²) < 4.78 is 10.6. The van der Waals surface area contributed by atoms with Crippen LogP contribution in [-0.4, -0.2) is 31.6 Å². The second-order valence-corrected chi connectivity index (χ2v) is 5.70. The zero-order valence-corrected chi connectivity index (χ0v) is 12.9. The van der Waals surface area contributed by atoms with Crippen molar-refractivity contribution in [3.05, 3.63) is 34.9 Å². The average molecular weight is 290 g/mol. The largest absolute Gasteiger partial charge is 0.465 e. The molecule has 1 fully saturated rings. The van der Waals surface area contributed by atoms with E-state index in [2.05, 4.69) is 6.07 Å². The number of hydrogen-bond donors (Lipinski definition) is 0. The summed E-state index contributed by atoms with van der Waals surface area (Å²) in [6, 6.07) is 6.09. The Labute approximate surface area is 125 Å². The average Bonchev–Trinajstić information content (AvgIpc) is 2.40. The molecule has 1 aromatic carbocycles. The van der Waals surface area contributed by atoms with Crippen molar-refractivity contribution in [1.29, 1.82) is 0 Å². The van der Waals surface area contributed by atoms with Crippen molar-refractivity contribution in [3.8, 4) is 0 Å². The molecule has 114 valence electrons. The molecule has 1 aliphatic rings. The highest BCUT2D eigenvalue weighted by atomic mass is 16.5. The van der Waals surface area contributed by atoms with E-state index in [0.717, 1.165) is 16.7 Å². The highest BCUT2D eigenvalue weighted by Crippen LogP contribution is 2.32. The third-order valence-electron chi connectivity index (χ3n) is 3.81. The van der Waals surface area contributed by atoms with Crippen LogP contribution < -0.4 is 0 Å². The van der Waals surface area contributed by atoms with Crippen molar-refractivity contribution in [1.82, 2.24) is 0 Å². The number of carbonyl (C=O) groups is 2. The third-order valence-corrected chi connectivity index (χ3v) is 3.81. The van der Waals surface area contributed by atoms with Gasteiger partial charge in [0.05, 0.1) is 19.8 Å². The van der Waals surface area contributed by atoms with Crippen molar-refractivity contribution in [3.63, 3.8) is 0 Å². The van der Waals surface area contributed by atoms with E-state index in [4.69, 9.17) is 9.47 Å². The molecular formula is C17H22O4. The standard InChI is InChI=1S/C17H22O4/c1-4-21-16(19)17(11-20-6-5-15(17)18)10-14-8-12(2)7-13(3)9-14/h7-9H,4-6,10-11H2,1-3H3. The van der Waals surface area contributed by atoms with Crippen molar-refractivity contribution >= 4 is 11.8 Å². The van der Waals surface area contributed by atoms with Gasteiger partial charge in [-0.3, -0.25) is 9.59 Å². The van der Waals surface area contributed by atoms with Gasteiger partial charge >= 0.3 is 5.97 Å². The van der Waals surface area contributed by atoms with Crippen LogP contribution in [0.5, 0.6) is 0 Å². The number of ether oxygens (including phenoxy) is 2. The molecule has 0 N–H and O–H groups in total. The quantitative estimate of drug-likeness (QED) is 0.631. The van der Waals surface area contributed by atoms with Gasteiger partial charge in [-0.05, 0) is 32.8 Å². The predicted octanol–water partition coefficient (Wildman–Crippen LogP) is 2.38. The minimum atomic E-state index is -1.19. The fourth-order valence-corrected chi connectivity index (χ4v) is 2.91. The smallest absolute Gasteiger partial charge is 0.322 e. The summed E-state index contributed by atoms with van der Waals surface area (Å²) in [4.78, 5) is 24.8. The van der Waals surface area contributed by atoms with Gasteiger partial charge in [0.15, 0.2) is 11.2 Å². The van der Waals surface area contributed by atoms with E-state index >= 15 is 0 Å². The molecule has 0 amide bonds. The van der Waals surface area contributed by atoms with Gasteiger partial charge in [0, 0.05) is 6.42 Å². The van der Waals surface area contributed by atoms with E-state index in [0.29, 0.717) is 13.0 Å². The topological polar surface area (TPSA) is 52.6 Å². The lowest BCUT2D eigenvalue weighted by Crippen LogP contribution is -2.49. The first-order valence-corrected chi connectivity index (χ1v) is 7.33. The monoisotopic (exact) mass is 290 g/mol. The van der Waals surface area contributed by atoms with Gasteiger partial charge in [0.1, 0.15) is 0 Å². The lowest BCUT2D eigenvalue weighted by Gasteiger charge is -2.33. The summed E-state index contributed by atoms with van der Waals surface area (Å²) in [5, 5.41) is 0. The van der Waals surface area contributed by atoms with Crippen molar-refractivity contribution in [2.75, 3.05) is 19.8 Å². The molecule has 0 aromatic heterocycles. The Balaban J connectivity index is 2.35. The Morgan fingerprint density at radius 3 is 2.52 bits per heavy atom. The molecule has 1 aliphatic heterocycles. The summed E-state index contributed by atoms with van der Waals surface area (Å²) in [6.45, 7) is 6.52. The fraction of sp³-hybridized carbons (Fsp3) is 0.529. The highest BCUT2D eigenvalue weighted by molar-refractivity contribution is 6.04. The lowest BCUT2D eigenvalue weighted by molar-refractivity contribution is -0.169. The summed E-state index contributed by atoms with van der Waals surface area (Å²) in [6.07, 6.45) is 0.608. The first-order chi connectivity index (χ1) is 9.98. The normalized spacial score (nSPS) is 22.1.